The van der Waals surface area contributed by atoms with Crippen LogP contribution in [0.25, 0.3) is 11.0 Å². The van der Waals surface area contributed by atoms with Crippen LogP contribution in [0.2, 0.25) is 5.02 Å². The number of halogens is 3. The first-order valence-electron chi connectivity index (χ1n) is 15.3. The third kappa shape index (κ3) is 6.38. The fraction of sp³-hybridized carbons (Fsp3) is 0.382. The number of hydrogen-bond donors (Lipinski definition) is 1. The lowest BCUT2D eigenvalue weighted by atomic mass is 9.80. The Hall–Kier alpha value is -4.24. The maximum Gasteiger partial charge on any atom is 0.320 e. The highest BCUT2D eigenvalue weighted by Gasteiger charge is 2.33. The molecule has 2 aromatic carbocycles. The number of carboxylic acids is 1. The summed E-state index contributed by atoms with van der Waals surface area (Å²) in [5, 5.41) is 9.73. The number of carboxylic acid groups (broad SMARTS) is 1. The number of likely N-dealkylation sites (tertiary alicyclic amines) is 1. The van der Waals surface area contributed by atoms with Crippen molar-refractivity contribution >= 4 is 28.6 Å². The molecule has 3 aliphatic rings. The van der Waals surface area contributed by atoms with Crippen molar-refractivity contribution in [1.29, 1.82) is 0 Å². The highest BCUT2D eigenvalue weighted by Crippen LogP contribution is 2.33. The molecular formula is C34H31ClF2N4O5. The van der Waals surface area contributed by atoms with E-state index in [0.717, 1.165) is 67.4 Å². The molecule has 0 saturated carbocycles. The molecule has 0 radical (unpaired) electrons. The summed E-state index contributed by atoms with van der Waals surface area (Å²) >= 11 is 5.79. The number of hydrogen-bond acceptors (Lipinski definition) is 7. The average Bonchev–Trinajstić information content (AvgIpc) is 3.32. The number of aromatic nitrogens is 3. The molecule has 0 bridgehead atoms. The van der Waals surface area contributed by atoms with Crippen molar-refractivity contribution in [2.24, 2.45) is 5.92 Å². The zero-order chi connectivity index (χ0) is 31.8. The molecule has 12 heteroatoms. The number of nitrogens with zero attached hydrogens (tertiary/aromatic N) is 4. The largest absolute Gasteiger partial charge is 0.484 e. The number of carbonyl (C=O) groups is 1. The molecular weight excluding hydrogens is 618 g/mol. The van der Waals surface area contributed by atoms with Crippen LogP contribution >= 0.6 is 11.6 Å². The van der Waals surface area contributed by atoms with E-state index in [2.05, 4.69) is 26.3 Å². The van der Waals surface area contributed by atoms with Gasteiger partial charge in [0.05, 0.1) is 36.1 Å². The van der Waals surface area contributed by atoms with Crippen LogP contribution in [-0.4, -0.2) is 62.4 Å². The first kappa shape index (κ1) is 30.4. The summed E-state index contributed by atoms with van der Waals surface area (Å²) in [7, 11) is 0. The molecule has 1 aliphatic carbocycles. The van der Waals surface area contributed by atoms with Crippen molar-refractivity contribution in [3.05, 3.63) is 82.3 Å². The van der Waals surface area contributed by atoms with Gasteiger partial charge in [0.25, 0.3) is 0 Å². The zero-order valence-electron chi connectivity index (χ0n) is 24.8. The predicted octanol–water partition coefficient (Wildman–Crippen LogP) is 5.58. The van der Waals surface area contributed by atoms with Gasteiger partial charge < -0.3 is 23.9 Å². The van der Waals surface area contributed by atoms with Crippen LogP contribution in [0, 0.1) is 29.4 Å². The molecule has 9 nitrogen and oxygen atoms in total. The van der Waals surface area contributed by atoms with Gasteiger partial charge in [-0.2, -0.15) is 0 Å². The molecule has 4 aromatic rings. The number of benzene rings is 2. The highest BCUT2D eigenvalue weighted by molar-refractivity contribution is 6.30. The Labute approximate surface area is 269 Å². The van der Waals surface area contributed by atoms with Crippen LogP contribution in [0.3, 0.4) is 0 Å². The minimum Gasteiger partial charge on any atom is -0.484 e. The van der Waals surface area contributed by atoms with Gasteiger partial charge in [-0.15, -0.1) is 0 Å². The van der Waals surface area contributed by atoms with Gasteiger partial charge in [0.2, 0.25) is 5.88 Å². The van der Waals surface area contributed by atoms with Gasteiger partial charge in [-0.25, -0.2) is 18.7 Å². The van der Waals surface area contributed by atoms with E-state index < -0.39 is 23.5 Å². The van der Waals surface area contributed by atoms with Crippen LogP contribution in [0.5, 0.6) is 11.6 Å². The molecule has 2 saturated heterocycles. The molecule has 2 unspecified atom stereocenters. The van der Waals surface area contributed by atoms with E-state index in [1.807, 2.05) is 18.2 Å². The first-order valence-corrected chi connectivity index (χ1v) is 15.7. The molecule has 3 atom stereocenters. The fourth-order valence-electron chi connectivity index (χ4n) is 6.00. The fourth-order valence-corrected chi connectivity index (χ4v) is 6.15. The molecule has 0 spiro atoms. The van der Waals surface area contributed by atoms with Crippen LogP contribution in [0.1, 0.15) is 42.3 Å². The number of fused-ring (bicyclic) bond motifs is 1. The molecule has 7 rings (SSSR count). The van der Waals surface area contributed by atoms with Crippen molar-refractivity contribution in [1.82, 2.24) is 19.4 Å². The third-order valence-corrected chi connectivity index (χ3v) is 8.96. The summed E-state index contributed by atoms with van der Waals surface area (Å²) in [6.45, 7) is 3.35. The van der Waals surface area contributed by atoms with Gasteiger partial charge in [-0.05, 0) is 61.2 Å². The summed E-state index contributed by atoms with van der Waals surface area (Å²) in [5.74, 6) is 3.82. The number of pyridine rings is 1. The number of imidazole rings is 1. The number of ether oxygens (including phenoxy) is 3. The lowest BCUT2D eigenvalue weighted by Gasteiger charge is -2.32. The standard InChI is InChI=1S/C34H31ClF2N4O5/c35-21-2-7-31(27(37)16-21)45-19-29-26(36)5-8-33(39-29)46-22-9-12-40(13-10-22)18-32-38-28-6-1-20(24-3-4-25(24)34(42)43)15-30(28)41(32)17-23-11-14-44-23/h1-2,5-8,15-16,22-25H,9-14,17-19H2,(H,42,43)/t23-,24?,25?/m0/s1. The van der Waals surface area contributed by atoms with E-state index >= 15 is 0 Å². The second-order valence-electron chi connectivity index (χ2n) is 11.8. The molecule has 46 heavy (non-hydrogen) atoms. The average molecular weight is 649 g/mol. The van der Waals surface area contributed by atoms with Crippen LogP contribution < -0.4 is 9.47 Å². The Morgan fingerprint density at radius 2 is 1.87 bits per heavy atom. The molecule has 2 aliphatic heterocycles. The van der Waals surface area contributed by atoms with Gasteiger partial charge >= 0.3 is 5.97 Å². The van der Waals surface area contributed by atoms with Gasteiger partial charge in [-0.1, -0.05) is 29.5 Å². The summed E-state index contributed by atoms with van der Waals surface area (Å²) in [6, 6.07) is 12.7. The van der Waals surface area contributed by atoms with Crippen molar-refractivity contribution in [3.8, 4) is 23.5 Å². The second kappa shape index (κ2) is 12.9. The number of piperidine rings is 1. The quantitative estimate of drug-likeness (QED) is 0.211. The highest BCUT2D eigenvalue weighted by atomic mass is 35.5. The summed E-state index contributed by atoms with van der Waals surface area (Å²) in [4.78, 5) is 23.2. The summed E-state index contributed by atoms with van der Waals surface area (Å²) in [6.07, 6.45) is 2.49. The van der Waals surface area contributed by atoms with E-state index in [9.17, 15) is 18.7 Å². The van der Waals surface area contributed by atoms with Gasteiger partial charge in [0.1, 0.15) is 36.0 Å². The van der Waals surface area contributed by atoms with Crippen molar-refractivity contribution < 1.29 is 32.9 Å². The Kier molecular flexibility index (Phi) is 8.51. The maximum absolute atomic E-state index is 14.5. The lowest BCUT2D eigenvalue weighted by Crippen LogP contribution is -2.39. The first-order chi connectivity index (χ1) is 22.3. The minimum absolute atomic E-state index is 0.0182. The van der Waals surface area contributed by atoms with Crippen molar-refractivity contribution in [2.45, 2.75) is 57.1 Å². The second-order valence-corrected chi connectivity index (χ2v) is 12.2. The summed E-state index contributed by atoms with van der Waals surface area (Å²) in [5.41, 5.74) is 2.72. The maximum atomic E-state index is 14.5. The van der Waals surface area contributed by atoms with Gasteiger partial charge in [-0.3, -0.25) is 9.69 Å². The molecule has 4 heterocycles. The van der Waals surface area contributed by atoms with E-state index in [-0.39, 0.29) is 47.1 Å². The van der Waals surface area contributed by atoms with Crippen LogP contribution in [-0.2, 0) is 29.2 Å². The lowest BCUT2D eigenvalue weighted by molar-refractivity contribution is -0.140. The Bertz CT molecular complexity index is 1840. The Morgan fingerprint density at radius 1 is 1.04 bits per heavy atom. The van der Waals surface area contributed by atoms with Gasteiger partial charge in [0.15, 0.2) is 11.6 Å². The molecule has 0 amide bonds. The van der Waals surface area contributed by atoms with E-state index in [1.54, 1.807) is 0 Å². The Morgan fingerprint density at radius 3 is 2.57 bits per heavy atom. The monoisotopic (exact) mass is 648 g/mol. The normalized spacial score (nSPS) is 21.2. The third-order valence-electron chi connectivity index (χ3n) is 8.72. The number of rotatable bonds is 11. The van der Waals surface area contributed by atoms with E-state index in [0.29, 0.717) is 13.1 Å². The molecule has 2 fully saturated rings. The Balaban J connectivity index is 0.994. The minimum atomic E-state index is -0.899. The van der Waals surface area contributed by atoms with E-state index in [1.165, 1.54) is 24.3 Å². The zero-order valence-corrected chi connectivity index (χ0v) is 25.6. The van der Waals surface area contributed by atoms with Crippen LogP contribution in [0.4, 0.5) is 8.78 Å². The SMILES string of the molecule is O=C(O)C1C#CC1c1ccc2nc(CN3CCC(Oc4ccc(F)c(COc5ccc(Cl)cc5F)n4)CC3)n(C[C@@H]3CCO3)c2c1. The van der Waals surface area contributed by atoms with Crippen LogP contribution in [0.15, 0.2) is 48.5 Å². The topological polar surface area (TPSA) is 98.9 Å². The van der Waals surface area contributed by atoms with E-state index in [4.69, 9.17) is 30.8 Å². The van der Waals surface area contributed by atoms with Gasteiger partial charge in [0, 0.05) is 30.8 Å². The number of aliphatic carboxylic acids is 1. The molecule has 238 valence electrons. The smallest absolute Gasteiger partial charge is 0.320 e. The summed E-state index contributed by atoms with van der Waals surface area (Å²) < 4.78 is 48.0. The molecule has 1 N–H and O–H groups in total. The van der Waals surface area contributed by atoms with Crippen molar-refractivity contribution in [2.75, 3.05) is 19.7 Å². The van der Waals surface area contributed by atoms with Crippen molar-refractivity contribution in [3.63, 3.8) is 0 Å². The predicted molar refractivity (Wildman–Crippen MR) is 165 cm³/mol. The molecule has 2 aromatic heterocycles.